The van der Waals surface area contributed by atoms with Gasteiger partial charge in [0.25, 0.3) is 0 Å². The predicted octanol–water partition coefficient (Wildman–Crippen LogP) is 0.819. The average molecular weight is 409 g/mol. The van der Waals surface area contributed by atoms with Gasteiger partial charge in [-0.2, -0.15) is 21.0 Å². The topological polar surface area (TPSA) is 197 Å². The van der Waals surface area contributed by atoms with Crippen LogP contribution in [0.15, 0.2) is 4.99 Å². The zero-order chi connectivity index (χ0) is 22.3. The third kappa shape index (κ3) is 2.81. The Morgan fingerprint density at radius 1 is 0.903 bits per heavy atom. The van der Waals surface area contributed by atoms with Gasteiger partial charge in [0.05, 0.1) is 23.1 Å². The number of aromatic nitrogens is 4. The van der Waals surface area contributed by atoms with Crippen molar-refractivity contribution in [3.05, 3.63) is 34.2 Å². The van der Waals surface area contributed by atoms with Crippen LogP contribution in [0.5, 0.6) is 0 Å². The first kappa shape index (κ1) is 20.0. The van der Waals surface area contributed by atoms with Crippen molar-refractivity contribution >= 4 is 5.71 Å². The van der Waals surface area contributed by atoms with E-state index in [1.165, 1.54) is 0 Å². The number of hydrogen-bond donors (Lipinski definition) is 2. The maximum atomic E-state index is 9.46. The minimum Gasteiger partial charge on any atom is -0.311 e. The lowest BCUT2D eigenvalue weighted by atomic mass is 9.77. The van der Waals surface area contributed by atoms with Crippen molar-refractivity contribution < 1.29 is 0 Å². The molecule has 4 rings (SSSR count). The molecule has 3 unspecified atom stereocenters. The summed E-state index contributed by atoms with van der Waals surface area (Å²) in [5.74, 6) is 0. The zero-order valence-electron chi connectivity index (χ0n) is 16.7. The van der Waals surface area contributed by atoms with Crippen LogP contribution in [0.4, 0.5) is 0 Å². The second-order valence-corrected chi connectivity index (χ2v) is 7.32. The van der Waals surface area contributed by atoms with Gasteiger partial charge in [-0.15, -0.1) is 0 Å². The molecule has 11 nitrogen and oxygen atoms in total. The molecular formula is C20H15N11. The average Bonchev–Trinajstić information content (AvgIpc) is 2.78. The molecule has 0 saturated carbocycles. The van der Waals surface area contributed by atoms with Crippen molar-refractivity contribution in [3.63, 3.8) is 0 Å². The van der Waals surface area contributed by atoms with E-state index in [1.807, 2.05) is 31.2 Å². The van der Waals surface area contributed by atoms with Crippen LogP contribution in [0.1, 0.15) is 66.9 Å². The van der Waals surface area contributed by atoms with E-state index in [2.05, 4.69) is 25.3 Å². The number of nitrogens with zero attached hydrogens (tertiary/aromatic N) is 9. The van der Waals surface area contributed by atoms with E-state index >= 15 is 0 Å². The summed E-state index contributed by atoms with van der Waals surface area (Å²) >= 11 is 0. The van der Waals surface area contributed by atoms with Crippen molar-refractivity contribution in [2.75, 3.05) is 0 Å². The van der Waals surface area contributed by atoms with Crippen LogP contribution >= 0.6 is 0 Å². The van der Waals surface area contributed by atoms with Crippen LogP contribution < -0.4 is 11.1 Å². The molecular weight excluding hydrogens is 394 g/mol. The highest BCUT2D eigenvalue weighted by atomic mass is 15.2. The standard InChI is InChI=1S/C20H15N11/c1-3-4-9-19(25)31-20(2)17(29-9)15-14(26-10(5-21)11(6-22)27-15)16-18(20)30-13(8-24)12(7-23)28-16/h17,19,31H,3-4,25H2,1-2H3. The Hall–Kier alpha value is -4.29. The Morgan fingerprint density at radius 3 is 2.03 bits per heavy atom. The van der Waals surface area contributed by atoms with Gasteiger partial charge in [-0.1, -0.05) is 13.3 Å². The highest BCUT2D eigenvalue weighted by Gasteiger charge is 2.51. The summed E-state index contributed by atoms with van der Waals surface area (Å²) in [6.45, 7) is 3.81. The Balaban J connectivity index is 2.12. The number of nitrogens with one attached hydrogen (secondary N) is 1. The van der Waals surface area contributed by atoms with Gasteiger partial charge < -0.3 is 5.73 Å². The fourth-order valence-electron chi connectivity index (χ4n) is 3.96. The van der Waals surface area contributed by atoms with Crippen molar-refractivity contribution in [1.82, 2.24) is 25.3 Å². The molecule has 3 heterocycles. The first-order valence-corrected chi connectivity index (χ1v) is 9.46. The lowest BCUT2D eigenvalue weighted by molar-refractivity contribution is 0.255. The van der Waals surface area contributed by atoms with Crippen LogP contribution in [0, 0.1) is 45.3 Å². The number of rotatable bonds is 2. The molecule has 2 aliphatic rings. The summed E-state index contributed by atoms with van der Waals surface area (Å²) in [5, 5.41) is 41.1. The molecule has 0 amide bonds. The SMILES string of the molecule is CCCC1=NC2c3nc(C#N)c(C#N)nc3-c3nc(C#N)c(C#N)nc3C2(C)NC1N. The molecule has 0 bridgehead atoms. The zero-order valence-corrected chi connectivity index (χ0v) is 16.7. The highest BCUT2D eigenvalue weighted by molar-refractivity contribution is 5.90. The van der Waals surface area contributed by atoms with Crippen LogP contribution in [0.3, 0.4) is 0 Å². The quantitative estimate of drug-likeness (QED) is 0.715. The minimum atomic E-state index is -1.03. The van der Waals surface area contributed by atoms with Crippen LogP contribution in [0.25, 0.3) is 11.4 Å². The lowest BCUT2D eigenvalue weighted by Gasteiger charge is -2.45. The van der Waals surface area contributed by atoms with Gasteiger partial charge >= 0.3 is 0 Å². The third-order valence-corrected chi connectivity index (χ3v) is 5.38. The second kappa shape index (κ2) is 7.19. The monoisotopic (exact) mass is 409 g/mol. The van der Waals surface area contributed by atoms with Gasteiger partial charge in [-0.05, 0) is 13.3 Å². The molecule has 11 heteroatoms. The predicted molar refractivity (Wildman–Crippen MR) is 105 cm³/mol. The molecule has 31 heavy (non-hydrogen) atoms. The molecule has 2 aromatic heterocycles. The summed E-state index contributed by atoms with van der Waals surface area (Å²) in [7, 11) is 0. The lowest BCUT2D eigenvalue weighted by Crippen LogP contribution is -2.61. The van der Waals surface area contributed by atoms with Gasteiger partial charge in [0.15, 0.2) is 22.8 Å². The third-order valence-electron chi connectivity index (χ3n) is 5.38. The molecule has 3 N–H and O–H groups in total. The Kier molecular flexibility index (Phi) is 4.64. The molecule has 1 aliphatic heterocycles. The molecule has 3 atom stereocenters. The smallest absolute Gasteiger partial charge is 0.177 e. The van der Waals surface area contributed by atoms with E-state index in [4.69, 9.17) is 10.7 Å². The van der Waals surface area contributed by atoms with Crippen LogP contribution in [-0.2, 0) is 5.54 Å². The van der Waals surface area contributed by atoms with Crippen molar-refractivity contribution in [3.8, 4) is 35.7 Å². The molecule has 0 spiro atoms. The molecule has 1 aliphatic carbocycles. The minimum absolute atomic E-state index is 0.128. The highest BCUT2D eigenvalue weighted by Crippen LogP contribution is 2.49. The van der Waals surface area contributed by atoms with E-state index in [1.54, 1.807) is 6.92 Å². The van der Waals surface area contributed by atoms with Crippen molar-refractivity contribution in [1.29, 1.82) is 21.0 Å². The van der Waals surface area contributed by atoms with E-state index in [-0.39, 0.29) is 34.2 Å². The van der Waals surface area contributed by atoms with E-state index in [9.17, 15) is 21.0 Å². The molecule has 0 fully saturated rings. The fraction of sp³-hybridized carbons (Fsp3) is 0.350. The summed E-state index contributed by atoms with van der Waals surface area (Å²) in [5.41, 5.74) is 6.50. The summed E-state index contributed by atoms with van der Waals surface area (Å²) in [4.78, 5) is 22.3. The summed E-state index contributed by atoms with van der Waals surface area (Å²) in [6, 6.07) is 6.84. The second-order valence-electron chi connectivity index (χ2n) is 7.32. The molecule has 0 radical (unpaired) electrons. The summed E-state index contributed by atoms with van der Waals surface area (Å²) < 4.78 is 0. The Bertz CT molecular complexity index is 1320. The molecule has 0 saturated heterocycles. The maximum absolute atomic E-state index is 9.46. The Labute approximate surface area is 177 Å². The number of aliphatic imine (C=N–C) groups is 1. The molecule has 2 aromatic rings. The van der Waals surface area contributed by atoms with E-state index < -0.39 is 17.7 Å². The molecule has 150 valence electrons. The summed E-state index contributed by atoms with van der Waals surface area (Å²) in [6.07, 6.45) is 0.911. The first-order valence-electron chi connectivity index (χ1n) is 9.46. The maximum Gasteiger partial charge on any atom is 0.177 e. The molecule has 0 aromatic carbocycles. The van der Waals surface area contributed by atoms with Gasteiger partial charge in [-0.3, -0.25) is 10.3 Å². The van der Waals surface area contributed by atoms with Crippen molar-refractivity contribution in [2.45, 2.75) is 44.4 Å². The fourth-order valence-corrected chi connectivity index (χ4v) is 3.96. The van der Waals surface area contributed by atoms with Crippen molar-refractivity contribution in [2.24, 2.45) is 10.7 Å². The largest absolute Gasteiger partial charge is 0.311 e. The number of fused-ring (bicyclic) bond motifs is 6. The van der Waals surface area contributed by atoms with Gasteiger partial charge in [0, 0.05) is 5.71 Å². The number of hydrogen-bond acceptors (Lipinski definition) is 11. The van der Waals surface area contributed by atoms with E-state index in [0.29, 0.717) is 17.8 Å². The van der Waals surface area contributed by atoms with Crippen LogP contribution in [0.2, 0.25) is 0 Å². The Morgan fingerprint density at radius 2 is 1.45 bits per heavy atom. The number of nitrogens with two attached hydrogens (primary N) is 1. The van der Waals surface area contributed by atoms with E-state index in [0.717, 1.165) is 12.1 Å². The first-order chi connectivity index (χ1) is 14.9. The van der Waals surface area contributed by atoms with Gasteiger partial charge in [0.1, 0.15) is 41.7 Å². The number of nitriles is 4. The van der Waals surface area contributed by atoms with Crippen LogP contribution in [-0.4, -0.2) is 31.8 Å². The van der Waals surface area contributed by atoms with Gasteiger partial charge in [0.2, 0.25) is 0 Å². The van der Waals surface area contributed by atoms with Gasteiger partial charge in [-0.25, -0.2) is 19.9 Å². The normalized spacial score (nSPS) is 23.0.